The highest BCUT2D eigenvalue weighted by atomic mass is 16.2. The van der Waals surface area contributed by atoms with Gasteiger partial charge in [0.2, 0.25) is 5.91 Å². The predicted molar refractivity (Wildman–Crippen MR) is 77.2 cm³/mol. The number of amides is 1. The third-order valence-corrected chi connectivity index (χ3v) is 4.67. The number of piperidine rings is 1. The van der Waals surface area contributed by atoms with Gasteiger partial charge in [-0.2, -0.15) is 5.10 Å². The van der Waals surface area contributed by atoms with E-state index in [1.165, 1.54) is 6.42 Å². The second-order valence-electron chi connectivity index (χ2n) is 6.05. The fraction of sp³-hybridized carbons (Fsp3) is 0.733. The summed E-state index contributed by atoms with van der Waals surface area (Å²) in [5, 5.41) is 4.28. The van der Waals surface area contributed by atoms with Gasteiger partial charge in [0.25, 0.3) is 0 Å². The Morgan fingerprint density at radius 3 is 2.85 bits per heavy atom. The molecular weight excluding hydrogens is 252 g/mol. The number of carbonyl (C=O) groups excluding carboxylic acids is 1. The highest BCUT2D eigenvalue weighted by Crippen LogP contribution is 2.24. The zero-order chi connectivity index (χ0) is 13.9. The van der Waals surface area contributed by atoms with Gasteiger partial charge in [0.15, 0.2) is 0 Å². The molecule has 2 unspecified atom stereocenters. The van der Waals surface area contributed by atoms with Crippen molar-refractivity contribution in [2.45, 2.75) is 50.7 Å². The van der Waals surface area contributed by atoms with Gasteiger partial charge in [-0.25, -0.2) is 0 Å². The minimum atomic E-state index is 0.105. The Balaban J connectivity index is 1.69. The van der Waals surface area contributed by atoms with E-state index in [9.17, 15) is 4.79 Å². The molecule has 2 aliphatic rings. The van der Waals surface area contributed by atoms with Crippen molar-refractivity contribution in [2.24, 2.45) is 0 Å². The molecule has 1 amide bonds. The minimum Gasteiger partial charge on any atom is -0.336 e. The summed E-state index contributed by atoms with van der Waals surface area (Å²) in [6.45, 7) is 2.79. The maximum atomic E-state index is 12.8. The Bertz CT molecular complexity index is 445. The summed E-state index contributed by atoms with van der Waals surface area (Å²) in [5.74, 6) is 0.335. The van der Waals surface area contributed by atoms with E-state index in [1.807, 2.05) is 16.9 Å². The van der Waals surface area contributed by atoms with Gasteiger partial charge < -0.3 is 4.90 Å². The summed E-state index contributed by atoms with van der Waals surface area (Å²) in [5.41, 5.74) is 0. The summed E-state index contributed by atoms with van der Waals surface area (Å²) in [4.78, 5) is 17.1. The van der Waals surface area contributed by atoms with Crippen LogP contribution >= 0.6 is 0 Å². The molecule has 1 aromatic heterocycles. The van der Waals surface area contributed by atoms with Crippen LogP contribution in [-0.4, -0.2) is 57.7 Å². The average Bonchev–Trinajstić information content (AvgIpc) is 3.10. The Labute approximate surface area is 120 Å². The Kier molecular flexibility index (Phi) is 4.05. The summed E-state index contributed by atoms with van der Waals surface area (Å²) in [6.07, 6.45) is 9.40. The van der Waals surface area contributed by atoms with Crippen LogP contribution in [0.5, 0.6) is 0 Å². The normalized spacial score (nSPS) is 27.9. The molecule has 0 radical (unpaired) electrons. The van der Waals surface area contributed by atoms with Crippen LogP contribution < -0.4 is 0 Å². The van der Waals surface area contributed by atoms with Crippen LogP contribution in [-0.2, 0) is 11.3 Å². The molecule has 0 spiro atoms. The summed E-state index contributed by atoms with van der Waals surface area (Å²) >= 11 is 0. The van der Waals surface area contributed by atoms with E-state index < -0.39 is 0 Å². The number of likely N-dealkylation sites (N-methyl/N-ethyl adjacent to an activating group) is 1. The molecule has 2 fully saturated rings. The molecule has 3 rings (SSSR count). The summed E-state index contributed by atoms with van der Waals surface area (Å²) < 4.78 is 1.95. The number of aromatic nitrogens is 2. The summed E-state index contributed by atoms with van der Waals surface area (Å²) in [7, 11) is 2.07. The number of hydrogen-bond donors (Lipinski definition) is 0. The van der Waals surface area contributed by atoms with Crippen LogP contribution in [0.25, 0.3) is 0 Å². The Morgan fingerprint density at radius 2 is 2.15 bits per heavy atom. The molecule has 5 nitrogen and oxygen atoms in total. The SMILES string of the molecule is CN1CCCC1C(=O)N1CCCCC1Cn1cccn1. The lowest BCUT2D eigenvalue weighted by Crippen LogP contribution is -2.52. The highest BCUT2D eigenvalue weighted by molar-refractivity contribution is 5.82. The first-order valence-corrected chi connectivity index (χ1v) is 7.74. The molecule has 20 heavy (non-hydrogen) atoms. The quantitative estimate of drug-likeness (QED) is 0.837. The second-order valence-corrected chi connectivity index (χ2v) is 6.05. The maximum Gasteiger partial charge on any atom is 0.240 e. The van der Waals surface area contributed by atoms with Crippen LogP contribution in [0.4, 0.5) is 0 Å². The first kappa shape index (κ1) is 13.6. The number of carbonyl (C=O) groups is 1. The van der Waals surface area contributed by atoms with Gasteiger partial charge in [-0.3, -0.25) is 14.4 Å². The zero-order valence-electron chi connectivity index (χ0n) is 12.2. The van der Waals surface area contributed by atoms with Gasteiger partial charge >= 0.3 is 0 Å². The van der Waals surface area contributed by atoms with Crippen molar-refractivity contribution in [2.75, 3.05) is 20.1 Å². The number of rotatable bonds is 3. The number of likely N-dealkylation sites (tertiary alicyclic amines) is 2. The van der Waals surface area contributed by atoms with Gasteiger partial charge in [-0.05, 0) is 51.8 Å². The van der Waals surface area contributed by atoms with E-state index >= 15 is 0 Å². The first-order chi connectivity index (χ1) is 9.75. The van der Waals surface area contributed by atoms with Crippen molar-refractivity contribution in [3.63, 3.8) is 0 Å². The third kappa shape index (κ3) is 2.73. The standard InChI is InChI=1S/C15H24N4O/c1-17-9-4-7-14(17)15(20)19-11-3-2-6-13(19)12-18-10-5-8-16-18/h5,8,10,13-14H,2-4,6-7,9,11-12H2,1H3. The zero-order valence-corrected chi connectivity index (χ0v) is 12.2. The van der Waals surface area contributed by atoms with Crippen molar-refractivity contribution in [3.05, 3.63) is 18.5 Å². The van der Waals surface area contributed by atoms with Crippen molar-refractivity contribution in [3.8, 4) is 0 Å². The van der Waals surface area contributed by atoms with E-state index in [1.54, 1.807) is 6.20 Å². The second kappa shape index (κ2) is 5.95. The molecule has 0 N–H and O–H groups in total. The molecule has 0 aliphatic carbocycles. The molecular formula is C15H24N4O. The van der Waals surface area contributed by atoms with Gasteiger partial charge in [-0.1, -0.05) is 0 Å². The highest BCUT2D eigenvalue weighted by Gasteiger charge is 2.35. The van der Waals surface area contributed by atoms with Crippen molar-refractivity contribution >= 4 is 5.91 Å². The van der Waals surface area contributed by atoms with Crippen LogP contribution in [0.1, 0.15) is 32.1 Å². The first-order valence-electron chi connectivity index (χ1n) is 7.74. The fourth-order valence-corrected chi connectivity index (χ4v) is 3.52. The summed E-state index contributed by atoms with van der Waals surface area (Å²) in [6, 6.07) is 2.36. The lowest BCUT2D eigenvalue weighted by Gasteiger charge is -2.38. The molecule has 110 valence electrons. The molecule has 2 aliphatic heterocycles. The third-order valence-electron chi connectivity index (χ3n) is 4.67. The van der Waals surface area contributed by atoms with Gasteiger partial charge in [0, 0.05) is 18.9 Å². The molecule has 2 atom stereocenters. The largest absolute Gasteiger partial charge is 0.336 e. The number of nitrogens with zero attached hydrogens (tertiary/aromatic N) is 4. The average molecular weight is 276 g/mol. The lowest BCUT2D eigenvalue weighted by atomic mass is 10.0. The molecule has 2 saturated heterocycles. The lowest BCUT2D eigenvalue weighted by molar-refractivity contribution is -0.139. The molecule has 0 saturated carbocycles. The monoisotopic (exact) mass is 276 g/mol. The fourth-order valence-electron chi connectivity index (χ4n) is 3.52. The molecule has 0 aromatic carbocycles. The van der Waals surface area contributed by atoms with Crippen LogP contribution in [0.3, 0.4) is 0 Å². The minimum absolute atomic E-state index is 0.105. The number of hydrogen-bond acceptors (Lipinski definition) is 3. The maximum absolute atomic E-state index is 12.8. The molecule has 5 heteroatoms. The van der Waals surface area contributed by atoms with Crippen molar-refractivity contribution in [1.29, 1.82) is 0 Å². The van der Waals surface area contributed by atoms with Crippen LogP contribution in [0.2, 0.25) is 0 Å². The van der Waals surface area contributed by atoms with Crippen molar-refractivity contribution < 1.29 is 4.79 Å². The molecule has 1 aromatic rings. The van der Waals surface area contributed by atoms with Crippen LogP contribution in [0, 0.1) is 0 Å². The van der Waals surface area contributed by atoms with Crippen molar-refractivity contribution in [1.82, 2.24) is 19.6 Å². The Hall–Kier alpha value is -1.36. The van der Waals surface area contributed by atoms with Gasteiger partial charge in [0.1, 0.15) is 0 Å². The van der Waals surface area contributed by atoms with E-state index in [-0.39, 0.29) is 6.04 Å². The van der Waals surface area contributed by atoms with E-state index in [0.717, 1.165) is 45.3 Å². The molecule has 0 bridgehead atoms. The van der Waals surface area contributed by atoms with Gasteiger partial charge in [-0.15, -0.1) is 0 Å². The smallest absolute Gasteiger partial charge is 0.240 e. The topological polar surface area (TPSA) is 41.4 Å². The Morgan fingerprint density at radius 1 is 1.25 bits per heavy atom. The predicted octanol–water partition coefficient (Wildman–Crippen LogP) is 1.36. The van der Waals surface area contributed by atoms with Gasteiger partial charge in [0.05, 0.1) is 18.6 Å². The molecule has 3 heterocycles. The van der Waals surface area contributed by atoms with E-state index in [2.05, 4.69) is 21.9 Å². The van der Waals surface area contributed by atoms with Crippen LogP contribution in [0.15, 0.2) is 18.5 Å². The van der Waals surface area contributed by atoms with E-state index in [4.69, 9.17) is 0 Å². The van der Waals surface area contributed by atoms with E-state index in [0.29, 0.717) is 11.9 Å².